The molecule has 1 aromatic rings. The second-order valence-electron chi connectivity index (χ2n) is 4.19. The lowest BCUT2D eigenvalue weighted by atomic mass is 10.0. The summed E-state index contributed by atoms with van der Waals surface area (Å²) in [7, 11) is 0. The van der Waals surface area contributed by atoms with Gasteiger partial charge in [-0.05, 0) is 38.5 Å². The van der Waals surface area contributed by atoms with Gasteiger partial charge in [0, 0.05) is 15.7 Å². The Morgan fingerprint density at radius 3 is 2.89 bits per heavy atom. The Bertz CT molecular complexity index is 410. The molecule has 0 spiro atoms. The lowest BCUT2D eigenvalue weighted by Gasteiger charge is -2.21. The molecule has 0 saturated heterocycles. The van der Waals surface area contributed by atoms with Gasteiger partial charge in [-0.1, -0.05) is 17.7 Å². The van der Waals surface area contributed by atoms with E-state index in [2.05, 4.69) is 0 Å². The first-order valence-corrected chi connectivity index (χ1v) is 7.16. The molecule has 0 fully saturated rings. The molecule has 18 heavy (non-hydrogen) atoms. The van der Waals surface area contributed by atoms with Gasteiger partial charge in [0.05, 0.1) is 6.61 Å². The quantitative estimate of drug-likeness (QED) is 0.645. The van der Waals surface area contributed by atoms with Crippen LogP contribution < -0.4 is 5.73 Å². The van der Waals surface area contributed by atoms with Gasteiger partial charge in [0.2, 0.25) is 0 Å². The van der Waals surface area contributed by atoms with Gasteiger partial charge in [0.25, 0.3) is 0 Å². The molecule has 0 heterocycles. The molecule has 0 radical (unpaired) electrons. The highest BCUT2D eigenvalue weighted by atomic mass is 35.5. The summed E-state index contributed by atoms with van der Waals surface area (Å²) < 4.78 is 4.93. The Balaban J connectivity index is 2.43. The Kier molecular flexibility index (Phi) is 5.99. The third kappa shape index (κ3) is 4.88. The van der Waals surface area contributed by atoms with E-state index in [0.717, 1.165) is 10.6 Å². The maximum atomic E-state index is 11.6. The zero-order chi connectivity index (χ0) is 13.6. The molecule has 0 amide bonds. The van der Waals surface area contributed by atoms with Crippen molar-refractivity contribution in [1.82, 2.24) is 0 Å². The molecule has 1 unspecified atom stereocenters. The molecule has 0 aliphatic heterocycles. The van der Waals surface area contributed by atoms with E-state index >= 15 is 0 Å². The van der Waals surface area contributed by atoms with Gasteiger partial charge in [0.15, 0.2) is 0 Å². The number of nitrogens with two attached hydrogens (primary N) is 1. The van der Waals surface area contributed by atoms with Crippen molar-refractivity contribution >= 4 is 29.3 Å². The van der Waals surface area contributed by atoms with E-state index in [-0.39, 0.29) is 5.97 Å². The van der Waals surface area contributed by atoms with Crippen LogP contribution in [0.3, 0.4) is 0 Å². The highest BCUT2D eigenvalue weighted by Gasteiger charge is 2.29. The minimum atomic E-state index is -0.929. The van der Waals surface area contributed by atoms with Crippen LogP contribution in [0.4, 0.5) is 0 Å². The molecule has 0 aliphatic carbocycles. The van der Waals surface area contributed by atoms with Crippen LogP contribution in [-0.2, 0) is 9.53 Å². The van der Waals surface area contributed by atoms with Crippen molar-refractivity contribution < 1.29 is 9.53 Å². The van der Waals surface area contributed by atoms with E-state index in [0.29, 0.717) is 18.1 Å². The number of carbonyl (C=O) groups is 1. The largest absolute Gasteiger partial charge is 0.465 e. The Morgan fingerprint density at radius 2 is 2.28 bits per heavy atom. The van der Waals surface area contributed by atoms with Gasteiger partial charge in [0.1, 0.15) is 5.54 Å². The summed E-state index contributed by atoms with van der Waals surface area (Å²) in [5.74, 6) is 0.392. The number of hydrogen-bond donors (Lipinski definition) is 1. The summed E-state index contributed by atoms with van der Waals surface area (Å²) in [6, 6.07) is 7.61. The molecule has 100 valence electrons. The number of halogens is 1. The van der Waals surface area contributed by atoms with Crippen molar-refractivity contribution in [3.63, 3.8) is 0 Å². The fourth-order valence-electron chi connectivity index (χ4n) is 1.34. The van der Waals surface area contributed by atoms with E-state index in [4.69, 9.17) is 22.1 Å². The fourth-order valence-corrected chi connectivity index (χ4v) is 2.74. The van der Waals surface area contributed by atoms with Crippen molar-refractivity contribution in [2.75, 3.05) is 12.4 Å². The zero-order valence-corrected chi connectivity index (χ0v) is 12.2. The molecule has 1 atom stereocenters. The topological polar surface area (TPSA) is 52.3 Å². The molecule has 0 aliphatic rings. The van der Waals surface area contributed by atoms with Crippen LogP contribution in [0.5, 0.6) is 0 Å². The molecule has 1 aromatic carbocycles. The van der Waals surface area contributed by atoms with Gasteiger partial charge in [-0.3, -0.25) is 4.79 Å². The number of ether oxygens (including phenoxy) is 1. The molecule has 1 rings (SSSR count). The highest BCUT2D eigenvalue weighted by molar-refractivity contribution is 7.99. The number of hydrogen-bond acceptors (Lipinski definition) is 4. The van der Waals surface area contributed by atoms with Gasteiger partial charge >= 0.3 is 5.97 Å². The van der Waals surface area contributed by atoms with Crippen molar-refractivity contribution in [2.45, 2.75) is 30.7 Å². The first-order chi connectivity index (χ1) is 8.45. The van der Waals surface area contributed by atoms with E-state index in [1.165, 1.54) is 0 Å². The van der Waals surface area contributed by atoms with E-state index < -0.39 is 5.54 Å². The summed E-state index contributed by atoms with van der Waals surface area (Å²) in [5, 5.41) is 0.709. The number of benzene rings is 1. The lowest BCUT2D eigenvalue weighted by Crippen LogP contribution is -2.46. The Morgan fingerprint density at radius 1 is 1.56 bits per heavy atom. The lowest BCUT2D eigenvalue weighted by molar-refractivity contribution is -0.149. The van der Waals surface area contributed by atoms with Gasteiger partial charge in [-0.25, -0.2) is 0 Å². The first kappa shape index (κ1) is 15.3. The molecule has 2 N–H and O–H groups in total. The smallest absolute Gasteiger partial charge is 0.325 e. The van der Waals surface area contributed by atoms with Crippen molar-refractivity contribution in [2.24, 2.45) is 5.73 Å². The highest BCUT2D eigenvalue weighted by Crippen LogP contribution is 2.24. The van der Waals surface area contributed by atoms with Crippen LogP contribution in [-0.4, -0.2) is 23.9 Å². The SMILES string of the molecule is CCOC(=O)C(C)(N)CCSc1cccc(Cl)c1. The molecule has 0 aromatic heterocycles. The third-order valence-corrected chi connectivity index (χ3v) is 3.66. The van der Waals surface area contributed by atoms with Crippen molar-refractivity contribution in [1.29, 1.82) is 0 Å². The standard InChI is InChI=1S/C13H18ClNO2S/c1-3-17-12(16)13(2,15)7-8-18-11-6-4-5-10(14)9-11/h4-6,9H,3,7-8,15H2,1-2H3. The predicted octanol–water partition coefficient (Wildman–Crippen LogP) is 3.10. The van der Waals surface area contributed by atoms with Crippen LogP contribution in [0.1, 0.15) is 20.3 Å². The second kappa shape index (κ2) is 7.02. The van der Waals surface area contributed by atoms with Gasteiger partial charge in [-0.2, -0.15) is 0 Å². The third-order valence-electron chi connectivity index (χ3n) is 2.43. The molecular formula is C13H18ClNO2S. The summed E-state index contributed by atoms with van der Waals surface area (Å²) in [6.45, 7) is 3.82. The van der Waals surface area contributed by atoms with Crippen molar-refractivity contribution in [3.8, 4) is 0 Å². The van der Waals surface area contributed by atoms with Crippen molar-refractivity contribution in [3.05, 3.63) is 29.3 Å². The van der Waals surface area contributed by atoms with Crippen LogP contribution in [0.25, 0.3) is 0 Å². The molecule has 0 bridgehead atoms. The van der Waals surface area contributed by atoms with Crippen LogP contribution in [0, 0.1) is 0 Å². The summed E-state index contributed by atoms with van der Waals surface area (Å²) in [5.41, 5.74) is 5.00. The van der Waals surface area contributed by atoms with Crippen LogP contribution in [0.2, 0.25) is 5.02 Å². The summed E-state index contributed by atoms with van der Waals surface area (Å²) in [6.07, 6.45) is 0.559. The number of esters is 1. The predicted molar refractivity (Wildman–Crippen MR) is 76.0 cm³/mol. The molecular weight excluding hydrogens is 270 g/mol. The van der Waals surface area contributed by atoms with Crippen LogP contribution >= 0.6 is 23.4 Å². The number of rotatable bonds is 6. The molecule has 5 heteroatoms. The summed E-state index contributed by atoms with van der Waals surface area (Å²) in [4.78, 5) is 12.7. The monoisotopic (exact) mass is 287 g/mol. The summed E-state index contributed by atoms with van der Waals surface area (Å²) >= 11 is 7.52. The van der Waals surface area contributed by atoms with Crippen LogP contribution in [0.15, 0.2) is 29.2 Å². The average Bonchev–Trinajstić information content (AvgIpc) is 2.29. The minimum absolute atomic E-state index is 0.350. The Labute approximate surface area is 117 Å². The van der Waals surface area contributed by atoms with Gasteiger partial charge in [-0.15, -0.1) is 11.8 Å². The average molecular weight is 288 g/mol. The minimum Gasteiger partial charge on any atom is -0.465 e. The zero-order valence-electron chi connectivity index (χ0n) is 10.6. The number of thioether (sulfide) groups is 1. The Hall–Kier alpha value is -0.710. The number of carbonyl (C=O) groups excluding carboxylic acids is 1. The maximum absolute atomic E-state index is 11.6. The normalized spacial score (nSPS) is 14.0. The second-order valence-corrected chi connectivity index (χ2v) is 5.80. The first-order valence-electron chi connectivity index (χ1n) is 5.80. The maximum Gasteiger partial charge on any atom is 0.325 e. The van der Waals surface area contributed by atoms with Gasteiger partial charge < -0.3 is 10.5 Å². The van der Waals surface area contributed by atoms with E-state index in [1.54, 1.807) is 25.6 Å². The van der Waals surface area contributed by atoms with E-state index in [9.17, 15) is 4.79 Å². The fraction of sp³-hybridized carbons (Fsp3) is 0.462. The molecule has 0 saturated carbocycles. The molecule has 3 nitrogen and oxygen atoms in total. The van der Waals surface area contributed by atoms with E-state index in [1.807, 2.05) is 24.3 Å².